The van der Waals surface area contributed by atoms with Crippen LogP contribution < -0.4 is 0 Å². The maximum absolute atomic E-state index is 2.30. The van der Waals surface area contributed by atoms with Gasteiger partial charge in [0.2, 0.25) is 0 Å². The Labute approximate surface area is 65.9 Å². The highest BCUT2D eigenvalue weighted by Gasteiger charge is 2.10. The predicted molar refractivity (Wildman–Crippen MR) is 46.1 cm³/mol. The van der Waals surface area contributed by atoms with Crippen LogP contribution in [0.2, 0.25) is 0 Å². The van der Waals surface area contributed by atoms with Crippen LogP contribution in [0.3, 0.4) is 0 Å². The van der Waals surface area contributed by atoms with Crippen molar-refractivity contribution in [3.8, 4) is 0 Å². The molecular weight excluding hydrogens is 213 g/mol. The third-order valence-electron chi connectivity index (χ3n) is 0.692. The summed E-state index contributed by atoms with van der Waals surface area (Å²) in [5.74, 6) is 0. The molecule has 0 unspecified atom stereocenters. The Hall–Kier alpha value is 0.690. The van der Waals surface area contributed by atoms with E-state index in [1.807, 2.05) is 0 Å². The summed E-state index contributed by atoms with van der Waals surface area (Å²) < 4.78 is 2.18. The quantitative estimate of drug-likeness (QED) is 0.490. The molecule has 0 amide bonds. The molecule has 0 aliphatic rings. The highest BCUT2D eigenvalue weighted by Crippen LogP contribution is 2.15. The Kier molecular flexibility index (Phi) is 3.27. The van der Waals surface area contributed by atoms with Gasteiger partial charge >= 0.3 is 0 Å². The molecule has 0 heterocycles. The zero-order chi connectivity index (χ0) is 6.78. The molecule has 0 spiro atoms. The van der Waals surface area contributed by atoms with Gasteiger partial charge in [0.05, 0.1) is 0 Å². The van der Waals surface area contributed by atoms with Gasteiger partial charge in [-0.3, -0.25) is 3.11 Å². The Morgan fingerprint density at radius 1 is 1.38 bits per heavy atom. The number of hydrogen-bond acceptors (Lipinski definition) is 1. The van der Waals surface area contributed by atoms with Crippen LogP contribution in [0.15, 0.2) is 0 Å². The molecule has 0 N–H and O–H groups in total. The van der Waals surface area contributed by atoms with Crippen LogP contribution in [-0.2, 0) is 0 Å². The molecule has 0 rings (SSSR count). The monoisotopic (exact) mass is 227 g/mol. The van der Waals surface area contributed by atoms with Crippen molar-refractivity contribution in [1.82, 2.24) is 3.11 Å². The molecule has 0 saturated carbocycles. The Balaban J connectivity index is 3.39. The van der Waals surface area contributed by atoms with Crippen LogP contribution in [0, 0.1) is 5.41 Å². The Morgan fingerprint density at radius 3 is 1.75 bits per heavy atom. The summed E-state index contributed by atoms with van der Waals surface area (Å²) in [4.78, 5) is 0. The zero-order valence-electron chi connectivity index (χ0n) is 6.03. The Bertz CT molecular complexity index is 63.4. The van der Waals surface area contributed by atoms with Gasteiger partial charge in [-0.15, -0.1) is 0 Å². The predicted octanol–water partition coefficient (Wildman–Crippen LogP) is 2.31. The smallest absolute Gasteiger partial charge is 0.0198 e. The van der Waals surface area contributed by atoms with Gasteiger partial charge in [0.25, 0.3) is 0 Å². The molecule has 0 radical (unpaired) electrons. The molecule has 0 aliphatic carbocycles. The molecule has 2 heteroatoms. The lowest BCUT2D eigenvalue weighted by Gasteiger charge is -2.21. The van der Waals surface area contributed by atoms with Gasteiger partial charge in [0.1, 0.15) is 0 Å². The maximum atomic E-state index is 2.30. The summed E-state index contributed by atoms with van der Waals surface area (Å²) in [6.45, 7) is 7.86. The van der Waals surface area contributed by atoms with Gasteiger partial charge in [0, 0.05) is 29.4 Å². The lowest BCUT2D eigenvalue weighted by Crippen LogP contribution is -2.21. The molecule has 0 aromatic carbocycles. The van der Waals surface area contributed by atoms with Crippen molar-refractivity contribution in [3.05, 3.63) is 0 Å². The fraction of sp³-hybridized carbons (Fsp3) is 1.00. The van der Waals surface area contributed by atoms with Crippen molar-refractivity contribution < 1.29 is 0 Å². The van der Waals surface area contributed by atoms with E-state index in [-0.39, 0.29) is 0 Å². The largest absolute Gasteiger partial charge is 0.250 e. The van der Waals surface area contributed by atoms with Gasteiger partial charge in [-0.05, 0) is 12.5 Å². The van der Waals surface area contributed by atoms with Crippen LogP contribution in [0.5, 0.6) is 0 Å². The van der Waals surface area contributed by atoms with E-state index in [1.165, 1.54) is 0 Å². The third-order valence-corrected chi connectivity index (χ3v) is 1.03. The van der Waals surface area contributed by atoms with Crippen molar-refractivity contribution in [2.75, 3.05) is 13.6 Å². The van der Waals surface area contributed by atoms with E-state index in [4.69, 9.17) is 0 Å². The molecule has 0 aromatic rings. The number of hydrogen-bond donors (Lipinski definition) is 0. The minimum absolute atomic E-state index is 0.440. The third kappa shape index (κ3) is 6.69. The van der Waals surface area contributed by atoms with E-state index in [0.717, 1.165) is 6.54 Å². The van der Waals surface area contributed by atoms with Crippen molar-refractivity contribution in [2.45, 2.75) is 20.8 Å². The summed E-state index contributed by atoms with van der Waals surface area (Å²) in [6.07, 6.45) is 0. The molecule has 0 atom stereocenters. The molecule has 0 bridgehead atoms. The fourth-order valence-corrected chi connectivity index (χ4v) is 1.68. The summed E-state index contributed by atoms with van der Waals surface area (Å²) in [6, 6.07) is 0. The summed E-state index contributed by atoms with van der Waals surface area (Å²) in [5.41, 5.74) is 0.440. The highest BCUT2D eigenvalue weighted by molar-refractivity contribution is 14.1. The first kappa shape index (κ1) is 8.69. The molecule has 0 aliphatic heterocycles. The molecular formula is C6H14IN. The van der Waals surface area contributed by atoms with Crippen LogP contribution in [-0.4, -0.2) is 16.7 Å². The molecule has 1 nitrogen and oxygen atoms in total. The average Bonchev–Trinajstić information content (AvgIpc) is 1.21. The van der Waals surface area contributed by atoms with Crippen molar-refractivity contribution in [1.29, 1.82) is 0 Å². The minimum atomic E-state index is 0.440. The number of halogens is 1. The molecule has 0 aromatic heterocycles. The van der Waals surface area contributed by atoms with Gasteiger partial charge in [0.15, 0.2) is 0 Å². The number of nitrogens with zero attached hydrogens (tertiary/aromatic N) is 1. The van der Waals surface area contributed by atoms with Gasteiger partial charge in [-0.2, -0.15) is 0 Å². The van der Waals surface area contributed by atoms with E-state index in [0.29, 0.717) is 5.41 Å². The lowest BCUT2D eigenvalue weighted by atomic mass is 9.97. The SMILES string of the molecule is CN(I)CC(C)(C)C. The second-order valence-corrected chi connectivity index (χ2v) is 4.97. The first-order chi connectivity index (χ1) is 3.42. The van der Waals surface area contributed by atoms with E-state index in [2.05, 4.69) is 53.8 Å². The first-order valence-corrected chi connectivity index (χ1v) is 3.75. The molecule has 0 fully saturated rings. The van der Waals surface area contributed by atoms with Crippen molar-refractivity contribution >= 4 is 22.9 Å². The standard InChI is InChI=1S/C6H14IN/c1-6(2,3)5-8(4)7/h5H2,1-4H3. The topological polar surface area (TPSA) is 3.24 Å². The summed E-state index contributed by atoms with van der Waals surface area (Å²) in [5, 5.41) is 0. The van der Waals surface area contributed by atoms with Crippen molar-refractivity contribution in [3.63, 3.8) is 0 Å². The van der Waals surface area contributed by atoms with Crippen LogP contribution in [0.1, 0.15) is 20.8 Å². The zero-order valence-corrected chi connectivity index (χ0v) is 8.19. The first-order valence-electron chi connectivity index (χ1n) is 2.79. The maximum Gasteiger partial charge on any atom is 0.0198 e. The molecule has 50 valence electrons. The molecule has 0 saturated heterocycles. The van der Waals surface area contributed by atoms with Crippen LogP contribution in [0.25, 0.3) is 0 Å². The average molecular weight is 227 g/mol. The second-order valence-electron chi connectivity index (χ2n) is 3.32. The van der Waals surface area contributed by atoms with E-state index in [9.17, 15) is 0 Å². The van der Waals surface area contributed by atoms with Crippen LogP contribution >= 0.6 is 22.9 Å². The lowest BCUT2D eigenvalue weighted by molar-refractivity contribution is 0.343. The van der Waals surface area contributed by atoms with E-state index in [1.54, 1.807) is 0 Å². The Morgan fingerprint density at radius 2 is 1.75 bits per heavy atom. The highest BCUT2D eigenvalue weighted by atomic mass is 127. The van der Waals surface area contributed by atoms with Crippen molar-refractivity contribution in [2.24, 2.45) is 5.41 Å². The summed E-state index contributed by atoms with van der Waals surface area (Å²) in [7, 11) is 2.09. The van der Waals surface area contributed by atoms with E-state index >= 15 is 0 Å². The number of rotatable bonds is 1. The second kappa shape index (κ2) is 3.01. The summed E-state index contributed by atoms with van der Waals surface area (Å²) >= 11 is 2.30. The van der Waals surface area contributed by atoms with Gasteiger partial charge in [-0.1, -0.05) is 20.8 Å². The normalized spacial score (nSPS) is 12.8. The minimum Gasteiger partial charge on any atom is -0.250 e. The van der Waals surface area contributed by atoms with Crippen LogP contribution in [0.4, 0.5) is 0 Å². The van der Waals surface area contributed by atoms with Gasteiger partial charge < -0.3 is 0 Å². The fourth-order valence-electron chi connectivity index (χ4n) is 0.654. The van der Waals surface area contributed by atoms with Gasteiger partial charge in [-0.25, -0.2) is 0 Å². The molecule has 8 heavy (non-hydrogen) atoms. The van der Waals surface area contributed by atoms with E-state index < -0.39 is 0 Å².